The Morgan fingerprint density at radius 3 is 2.35 bits per heavy atom. The molecule has 0 aliphatic carbocycles. The van der Waals surface area contributed by atoms with Gasteiger partial charge in [0.2, 0.25) is 0 Å². The average Bonchev–Trinajstić information content (AvgIpc) is 2.53. The van der Waals surface area contributed by atoms with Crippen LogP contribution >= 0.6 is 0 Å². The Kier molecular flexibility index (Phi) is 7.37. The molecule has 1 aromatic rings. The van der Waals surface area contributed by atoms with Crippen LogP contribution in [0, 0.1) is 11.8 Å². The van der Waals surface area contributed by atoms with E-state index in [0.717, 1.165) is 5.56 Å². The fourth-order valence-electron chi connectivity index (χ4n) is 2.26. The van der Waals surface area contributed by atoms with Gasteiger partial charge in [-0.05, 0) is 17.9 Å². The molecule has 0 saturated heterocycles. The van der Waals surface area contributed by atoms with Crippen LogP contribution in [-0.4, -0.2) is 35.4 Å². The van der Waals surface area contributed by atoms with E-state index in [-0.39, 0.29) is 19.6 Å². The maximum absolute atomic E-state index is 12.2. The van der Waals surface area contributed by atoms with Gasteiger partial charge >= 0.3 is 11.9 Å². The van der Waals surface area contributed by atoms with Crippen LogP contribution in [0.4, 0.5) is 0 Å². The second-order valence-electron chi connectivity index (χ2n) is 5.40. The smallest absolute Gasteiger partial charge is 0.320 e. The Morgan fingerprint density at radius 2 is 1.83 bits per heavy atom. The second-order valence-corrected chi connectivity index (χ2v) is 5.40. The van der Waals surface area contributed by atoms with Gasteiger partial charge in [-0.2, -0.15) is 0 Å². The lowest BCUT2D eigenvalue weighted by Gasteiger charge is -2.22. The van der Waals surface area contributed by atoms with Gasteiger partial charge in [0, 0.05) is 0 Å². The fraction of sp³-hybridized carbons (Fsp3) is 0.438. The third-order valence-electron chi connectivity index (χ3n) is 3.54. The first kappa shape index (κ1) is 18.8. The standard InChI is InChI=1S/C16H22N2O5/c1-10(7-12(18)15(20)21)14(13(19)8-17)16(22)23-9-11-5-3-2-4-6-11/h2-6,10,12,14H,7-9,17-18H2,1H3,(H,20,21)/t10?,12-,14?/m1/s1. The van der Waals surface area contributed by atoms with E-state index in [1.54, 1.807) is 31.2 Å². The number of nitrogens with two attached hydrogens (primary N) is 2. The van der Waals surface area contributed by atoms with Crippen LogP contribution in [0.15, 0.2) is 30.3 Å². The van der Waals surface area contributed by atoms with Gasteiger partial charge in [-0.15, -0.1) is 0 Å². The number of ether oxygens (including phenoxy) is 1. The molecule has 7 nitrogen and oxygen atoms in total. The van der Waals surface area contributed by atoms with Crippen molar-refractivity contribution in [2.24, 2.45) is 23.3 Å². The molecule has 0 aliphatic rings. The summed E-state index contributed by atoms with van der Waals surface area (Å²) < 4.78 is 5.17. The molecule has 2 unspecified atom stereocenters. The highest BCUT2D eigenvalue weighted by Gasteiger charge is 2.34. The first-order valence-corrected chi connectivity index (χ1v) is 7.28. The maximum Gasteiger partial charge on any atom is 0.320 e. The van der Waals surface area contributed by atoms with Gasteiger partial charge in [-0.25, -0.2) is 0 Å². The molecule has 0 saturated carbocycles. The summed E-state index contributed by atoms with van der Waals surface area (Å²) in [6.45, 7) is 1.30. The third-order valence-corrected chi connectivity index (χ3v) is 3.54. The number of carbonyl (C=O) groups excluding carboxylic acids is 2. The van der Waals surface area contributed by atoms with Gasteiger partial charge in [-0.1, -0.05) is 37.3 Å². The van der Waals surface area contributed by atoms with Gasteiger partial charge in [-0.3, -0.25) is 14.4 Å². The molecule has 1 rings (SSSR count). The number of carboxylic acid groups (broad SMARTS) is 1. The predicted octanol–water partition coefficient (Wildman–Crippen LogP) is 0.312. The van der Waals surface area contributed by atoms with Crippen LogP contribution in [0.1, 0.15) is 18.9 Å². The first-order valence-electron chi connectivity index (χ1n) is 7.28. The molecule has 0 amide bonds. The second kappa shape index (κ2) is 9.02. The van der Waals surface area contributed by atoms with Crippen molar-refractivity contribution in [3.63, 3.8) is 0 Å². The van der Waals surface area contributed by atoms with Gasteiger partial charge in [0.1, 0.15) is 18.6 Å². The molecule has 5 N–H and O–H groups in total. The monoisotopic (exact) mass is 322 g/mol. The summed E-state index contributed by atoms with van der Waals surface area (Å²) in [4.78, 5) is 35.0. The Balaban J connectivity index is 2.74. The molecule has 0 aliphatic heterocycles. The van der Waals surface area contributed by atoms with E-state index in [1.807, 2.05) is 6.07 Å². The highest BCUT2D eigenvalue weighted by Crippen LogP contribution is 2.20. The molecule has 0 aromatic heterocycles. The summed E-state index contributed by atoms with van der Waals surface area (Å²) in [6.07, 6.45) is -0.0216. The summed E-state index contributed by atoms with van der Waals surface area (Å²) in [5.41, 5.74) is 11.6. The van der Waals surface area contributed by atoms with Gasteiger partial charge in [0.15, 0.2) is 5.78 Å². The SMILES string of the molecule is CC(C[C@@H](N)C(=O)O)C(C(=O)CN)C(=O)OCc1ccccc1. The Labute approximate surface area is 134 Å². The molecule has 1 aromatic carbocycles. The van der Waals surface area contributed by atoms with Crippen LogP contribution < -0.4 is 11.5 Å². The summed E-state index contributed by atoms with van der Waals surface area (Å²) in [7, 11) is 0. The Morgan fingerprint density at radius 1 is 1.22 bits per heavy atom. The normalized spacial score (nSPS) is 14.6. The fourth-order valence-corrected chi connectivity index (χ4v) is 2.26. The van der Waals surface area contributed by atoms with Crippen molar-refractivity contribution in [3.05, 3.63) is 35.9 Å². The van der Waals surface area contributed by atoms with Gasteiger partial charge in [0.25, 0.3) is 0 Å². The number of hydrogen-bond acceptors (Lipinski definition) is 6. The van der Waals surface area contributed by atoms with E-state index in [9.17, 15) is 14.4 Å². The number of aliphatic carboxylic acids is 1. The molecule has 0 fully saturated rings. The molecule has 0 radical (unpaired) electrons. The molecule has 0 bridgehead atoms. The van der Waals surface area contributed by atoms with Crippen LogP contribution in [0.25, 0.3) is 0 Å². The van der Waals surface area contributed by atoms with Gasteiger partial charge in [0.05, 0.1) is 6.54 Å². The lowest BCUT2D eigenvalue weighted by Crippen LogP contribution is -2.40. The molecular formula is C16H22N2O5. The van der Waals surface area contributed by atoms with Crippen LogP contribution in [-0.2, 0) is 25.7 Å². The Hall–Kier alpha value is -2.25. The van der Waals surface area contributed by atoms with Crippen LogP contribution in [0.5, 0.6) is 0 Å². The zero-order valence-corrected chi connectivity index (χ0v) is 13.0. The summed E-state index contributed by atoms with van der Waals surface area (Å²) in [5, 5.41) is 8.85. The molecular weight excluding hydrogens is 300 g/mol. The number of carbonyl (C=O) groups is 3. The number of esters is 1. The number of rotatable bonds is 9. The van der Waals surface area contributed by atoms with Crippen molar-refractivity contribution < 1.29 is 24.2 Å². The molecule has 23 heavy (non-hydrogen) atoms. The minimum absolute atomic E-state index is 0.0216. The summed E-state index contributed by atoms with van der Waals surface area (Å²) >= 11 is 0. The molecule has 126 valence electrons. The lowest BCUT2D eigenvalue weighted by molar-refractivity contribution is -0.156. The van der Waals surface area contributed by atoms with E-state index in [2.05, 4.69) is 0 Å². The average molecular weight is 322 g/mol. The lowest BCUT2D eigenvalue weighted by atomic mass is 9.85. The van der Waals surface area contributed by atoms with Crippen molar-refractivity contribution in [2.45, 2.75) is 26.0 Å². The van der Waals surface area contributed by atoms with E-state index < -0.39 is 35.6 Å². The maximum atomic E-state index is 12.2. The highest BCUT2D eigenvalue weighted by atomic mass is 16.5. The molecule has 0 spiro atoms. The number of hydrogen-bond donors (Lipinski definition) is 3. The molecule has 3 atom stereocenters. The summed E-state index contributed by atoms with van der Waals surface area (Å²) in [6, 6.07) is 7.87. The van der Waals surface area contributed by atoms with Crippen molar-refractivity contribution >= 4 is 17.7 Å². The summed E-state index contributed by atoms with van der Waals surface area (Å²) in [5.74, 6) is -4.09. The minimum Gasteiger partial charge on any atom is -0.480 e. The van der Waals surface area contributed by atoms with E-state index in [0.29, 0.717) is 0 Å². The molecule has 0 heterocycles. The van der Waals surface area contributed by atoms with E-state index >= 15 is 0 Å². The number of carboxylic acids is 1. The predicted molar refractivity (Wildman–Crippen MR) is 83.2 cm³/mol. The first-order chi connectivity index (χ1) is 10.9. The Bertz CT molecular complexity index is 547. The van der Waals surface area contributed by atoms with Crippen molar-refractivity contribution in [3.8, 4) is 0 Å². The largest absolute Gasteiger partial charge is 0.480 e. The zero-order valence-electron chi connectivity index (χ0n) is 13.0. The van der Waals surface area contributed by atoms with Crippen molar-refractivity contribution in [1.82, 2.24) is 0 Å². The van der Waals surface area contributed by atoms with Crippen molar-refractivity contribution in [2.75, 3.05) is 6.54 Å². The topological polar surface area (TPSA) is 133 Å². The molecule has 7 heteroatoms. The number of Topliss-reactive ketones (excluding diaryl/α,β-unsaturated/α-hetero) is 1. The zero-order chi connectivity index (χ0) is 17.4. The number of ketones is 1. The van der Waals surface area contributed by atoms with Crippen LogP contribution in [0.2, 0.25) is 0 Å². The van der Waals surface area contributed by atoms with Gasteiger partial charge < -0.3 is 21.3 Å². The minimum atomic E-state index is -1.19. The third kappa shape index (κ3) is 5.80. The van der Waals surface area contributed by atoms with Crippen LogP contribution in [0.3, 0.4) is 0 Å². The van der Waals surface area contributed by atoms with E-state index in [1.165, 1.54) is 0 Å². The van der Waals surface area contributed by atoms with Crippen molar-refractivity contribution in [1.29, 1.82) is 0 Å². The quantitative estimate of drug-likeness (QED) is 0.440. The number of benzene rings is 1. The van der Waals surface area contributed by atoms with E-state index in [4.69, 9.17) is 21.3 Å². The highest BCUT2D eigenvalue weighted by molar-refractivity contribution is 6.00.